The Hall–Kier alpha value is -0.610. The average Bonchev–Trinajstić information content (AvgIpc) is 2.34. The monoisotopic (exact) mass is 244 g/mol. The molecule has 0 atom stereocenters. The number of ether oxygens (including phenoxy) is 1. The topological polar surface area (TPSA) is 55.6 Å². The summed E-state index contributed by atoms with van der Waals surface area (Å²) in [5, 5.41) is 0. The van der Waals surface area contributed by atoms with Crippen LogP contribution in [0.1, 0.15) is 45.4 Å². The Bertz CT molecular complexity index is 178. The maximum Gasteiger partial charge on any atom is 0.222 e. The van der Waals surface area contributed by atoms with Crippen molar-refractivity contribution in [3.8, 4) is 0 Å². The summed E-state index contributed by atoms with van der Waals surface area (Å²) in [6.07, 6.45) is 6.09. The van der Waals surface area contributed by atoms with Gasteiger partial charge in [-0.25, -0.2) is 0 Å². The van der Waals surface area contributed by atoms with E-state index in [9.17, 15) is 4.79 Å². The van der Waals surface area contributed by atoms with Gasteiger partial charge in [0, 0.05) is 26.6 Å². The Balaban J connectivity index is 3.85. The molecule has 0 heterocycles. The molecule has 4 heteroatoms. The molecule has 1 amide bonds. The quantitative estimate of drug-likeness (QED) is 0.564. The molecule has 0 rings (SSSR count). The first-order valence-electron chi connectivity index (χ1n) is 6.73. The van der Waals surface area contributed by atoms with Crippen LogP contribution in [0.2, 0.25) is 0 Å². The highest BCUT2D eigenvalue weighted by Crippen LogP contribution is 2.05. The van der Waals surface area contributed by atoms with Gasteiger partial charge >= 0.3 is 0 Å². The molecule has 0 unspecified atom stereocenters. The van der Waals surface area contributed by atoms with Gasteiger partial charge in [-0.05, 0) is 19.4 Å². The van der Waals surface area contributed by atoms with Crippen LogP contribution < -0.4 is 5.73 Å². The molecule has 102 valence electrons. The van der Waals surface area contributed by atoms with E-state index in [1.165, 1.54) is 12.8 Å². The summed E-state index contributed by atoms with van der Waals surface area (Å²) in [5.41, 5.74) is 5.48. The van der Waals surface area contributed by atoms with Crippen LogP contribution in [0.4, 0.5) is 0 Å². The molecule has 0 bridgehead atoms. The van der Waals surface area contributed by atoms with Crippen molar-refractivity contribution in [1.82, 2.24) is 4.90 Å². The van der Waals surface area contributed by atoms with Gasteiger partial charge in [0.1, 0.15) is 0 Å². The first kappa shape index (κ1) is 16.4. The van der Waals surface area contributed by atoms with Crippen LogP contribution in [0.5, 0.6) is 0 Å². The second-order valence-corrected chi connectivity index (χ2v) is 4.33. The molecule has 0 aliphatic heterocycles. The number of carbonyl (C=O) groups is 1. The van der Waals surface area contributed by atoms with Gasteiger partial charge < -0.3 is 15.4 Å². The fourth-order valence-electron chi connectivity index (χ4n) is 1.71. The van der Waals surface area contributed by atoms with Crippen molar-refractivity contribution >= 4 is 5.91 Å². The lowest BCUT2D eigenvalue weighted by Gasteiger charge is -2.22. The van der Waals surface area contributed by atoms with Gasteiger partial charge in [-0.15, -0.1) is 0 Å². The van der Waals surface area contributed by atoms with Crippen LogP contribution in [-0.4, -0.2) is 44.2 Å². The molecule has 0 aliphatic carbocycles. The summed E-state index contributed by atoms with van der Waals surface area (Å²) >= 11 is 0. The lowest BCUT2D eigenvalue weighted by molar-refractivity contribution is -0.132. The number of hydrogen-bond acceptors (Lipinski definition) is 3. The Morgan fingerprint density at radius 1 is 1.18 bits per heavy atom. The van der Waals surface area contributed by atoms with E-state index in [-0.39, 0.29) is 5.91 Å². The van der Waals surface area contributed by atoms with Gasteiger partial charge in [0.05, 0.1) is 6.61 Å². The normalized spacial score (nSPS) is 10.5. The molecular formula is C13H28N2O2. The highest BCUT2D eigenvalue weighted by Gasteiger charge is 2.11. The molecule has 17 heavy (non-hydrogen) atoms. The minimum atomic E-state index is 0.242. The summed E-state index contributed by atoms with van der Waals surface area (Å²) < 4.78 is 5.02. The predicted octanol–water partition coefficient (Wildman–Crippen LogP) is 1.78. The average molecular weight is 244 g/mol. The fraction of sp³-hybridized carbons (Fsp3) is 0.923. The summed E-state index contributed by atoms with van der Waals surface area (Å²) in [6, 6.07) is 0. The zero-order chi connectivity index (χ0) is 12.9. The van der Waals surface area contributed by atoms with E-state index < -0.39 is 0 Å². The van der Waals surface area contributed by atoms with Crippen molar-refractivity contribution < 1.29 is 9.53 Å². The largest absolute Gasteiger partial charge is 0.383 e. The fourth-order valence-corrected chi connectivity index (χ4v) is 1.71. The van der Waals surface area contributed by atoms with Crippen LogP contribution >= 0.6 is 0 Å². The first-order valence-corrected chi connectivity index (χ1v) is 6.73. The van der Waals surface area contributed by atoms with Gasteiger partial charge in [-0.1, -0.05) is 26.2 Å². The molecule has 0 aromatic rings. The zero-order valence-corrected chi connectivity index (χ0v) is 11.4. The Kier molecular flexibility index (Phi) is 11.4. The highest BCUT2D eigenvalue weighted by atomic mass is 16.5. The second kappa shape index (κ2) is 11.9. The van der Waals surface area contributed by atoms with Gasteiger partial charge in [-0.2, -0.15) is 0 Å². The summed E-state index contributed by atoms with van der Waals surface area (Å²) in [5.74, 6) is 0.242. The number of nitrogens with zero attached hydrogens (tertiary/aromatic N) is 1. The van der Waals surface area contributed by atoms with E-state index in [2.05, 4.69) is 6.92 Å². The molecule has 0 spiro atoms. The molecule has 0 saturated carbocycles. The smallest absolute Gasteiger partial charge is 0.222 e. The molecule has 0 saturated heterocycles. The third kappa shape index (κ3) is 9.12. The van der Waals surface area contributed by atoms with E-state index >= 15 is 0 Å². The third-order valence-electron chi connectivity index (χ3n) is 2.79. The predicted molar refractivity (Wildman–Crippen MR) is 70.9 cm³/mol. The SMILES string of the molecule is CCCCCCC(=O)N(CCCN)CCOC. The maximum atomic E-state index is 11.9. The zero-order valence-electron chi connectivity index (χ0n) is 11.4. The van der Waals surface area contributed by atoms with Crippen LogP contribution in [0.3, 0.4) is 0 Å². The molecule has 0 aliphatic rings. The van der Waals surface area contributed by atoms with Crippen LogP contribution in [-0.2, 0) is 9.53 Å². The van der Waals surface area contributed by atoms with Crippen molar-refractivity contribution in [3.05, 3.63) is 0 Å². The van der Waals surface area contributed by atoms with Crippen molar-refractivity contribution in [2.24, 2.45) is 5.73 Å². The van der Waals surface area contributed by atoms with Crippen molar-refractivity contribution in [1.29, 1.82) is 0 Å². The van der Waals surface area contributed by atoms with E-state index in [1.54, 1.807) is 7.11 Å². The van der Waals surface area contributed by atoms with Crippen molar-refractivity contribution in [2.45, 2.75) is 45.4 Å². The minimum Gasteiger partial charge on any atom is -0.383 e. The molecule has 0 fully saturated rings. The number of hydrogen-bond donors (Lipinski definition) is 1. The van der Waals surface area contributed by atoms with E-state index in [4.69, 9.17) is 10.5 Å². The molecular weight excluding hydrogens is 216 g/mol. The van der Waals surface area contributed by atoms with Gasteiger partial charge in [0.15, 0.2) is 0 Å². The molecule has 0 aromatic heterocycles. The molecule has 2 N–H and O–H groups in total. The number of carbonyl (C=O) groups excluding carboxylic acids is 1. The van der Waals surface area contributed by atoms with Gasteiger partial charge in [-0.3, -0.25) is 4.79 Å². The van der Waals surface area contributed by atoms with E-state index in [0.717, 1.165) is 25.8 Å². The van der Waals surface area contributed by atoms with E-state index in [1.807, 2.05) is 4.90 Å². The number of rotatable bonds is 11. The molecule has 0 aromatic carbocycles. The summed E-state index contributed by atoms with van der Waals surface area (Å²) in [7, 11) is 1.66. The number of methoxy groups -OCH3 is 1. The molecule has 4 nitrogen and oxygen atoms in total. The Labute approximate surface area is 105 Å². The molecule has 0 radical (unpaired) electrons. The van der Waals surface area contributed by atoms with Gasteiger partial charge in [0.2, 0.25) is 5.91 Å². The highest BCUT2D eigenvalue weighted by molar-refractivity contribution is 5.76. The van der Waals surface area contributed by atoms with Gasteiger partial charge in [0.25, 0.3) is 0 Å². The maximum absolute atomic E-state index is 11.9. The number of unbranched alkanes of at least 4 members (excludes halogenated alkanes) is 3. The van der Waals surface area contributed by atoms with E-state index in [0.29, 0.717) is 26.1 Å². The van der Waals surface area contributed by atoms with Crippen LogP contribution in [0.25, 0.3) is 0 Å². The number of nitrogens with two attached hydrogens (primary N) is 1. The Morgan fingerprint density at radius 3 is 2.53 bits per heavy atom. The minimum absolute atomic E-state index is 0.242. The van der Waals surface area contributed by atoms with Crippen molar-refractivity contribution in [3.63, 3.8) is 0 Å². The lowest BCUT2D eigenvalue weighted by atomic mass is 10.1. The third-order valence-corrected chi connectivity index (χ3v) is 2.79. The second-order valence-electron chi connectivity index (χ2n) is 4.33. The summed E-state index contributed by atoms with van der Waals surface area (Å²) in [4.78, 5) is 13.8. The standard InChI is InChI=1S/C13H28N2O2/c1-3-4-5-6-8-13(16)15(10-7-9-14)11-12-17-2/h3-12,14H2,1-2H3. The van der Waals surface area contributed by atoms with Crippen molar-refractivity contribution in [2.75, 3.05) is 33.4 Å². The summed E-state index contributed by atoms with van der Waals surface area (Å²) in [6.45, 7) is 4.85. The number of amides is 1. The van der Waals surface area contributed by atoms with Crippen LogP contribution in [0, 0.1) is 0 Å². The first-order chi connectivity index (χ1) is 8.26. The Morgan fingerprint density at radius 2 is 1.94 bits per heavy atom. The van der Waals surface area contributed by atoms with Crippen LogP contribution in [0.15, 0.2) is 0 Å². The lowest BCUT2D eigenvalue weighted by Crippen LogP contribution is -2.35.